The van der Waals surface area contributed by atoms with Gasteiger partial charge in [0.1, 0.15) is 23.0 Å². The molecule has 0 aromatic heterocycles. The summed E-state index contributed by atoms with van der Waals surface area (Å²) in [4.78, 5) is 59.0. The number of hydrogen-bond acceptors (Lipinski definition) is 8. The normalized spacial score (nSPS) is 25.7. The molecule has 0 saturated heterocycles. The molecular weight excluding hydrogens is 1120 g/mol. The van der Waals surface area contributed by atoms with Crippen molar-refractivity contribution in [1.82, 2.24) is 0 Å². The number of rotatable bonds is 0. The van der Waals surface area contributed by atoms with Gasteiger partial charge >= 0.3 is 0 Å². The number of Topliss-reactive ketones (excluding diaryl/α,β-unsaturated/α-hetero) is 4. The smallest absolute Gasteiger partial charge is 0.172 e. The third kappa shape index (κ3) is 6.19. The Labute approximate surface area is 510 Å². The number of carbonyl (C=O) groups excluding carboxylic acids is 4. The van der Waals surface area contributed by atoms with E-state index < -0.39 is 23.7 Å². The van der Waals surface area contributed by atoms with E-state index in [1.807, 2.05) is 97.1 Å². The number of ketones is 4. The molecule has 0 unspecified atom stereocenters. The van der Waals surface area contributed by atoms with Crippen LogP contribution >= 0.6 is 23.2 Å². The van der Waals surface area contributed by atoms with Crippen LogP contribution in [0.1, 0.15) is 200 Å². The number of carbonyl (C=O) groups is 4. The zero-order valence-corrected chi connectivity index (χ0v) is 47.8. The third-order valence-corrected chi connectivity index (χ3v) is 21.7. The van der Waals surface area contributed by atoms with Gasteiger partial charge in [0.25, 0.3) is 0 Å². The highest BCUT2D eigenvalue weighted by Crippen LogP contribution is 2.69. The van der Waals surface area contributed by atoms with Crippen LogP contribution < -0.4 is 0 Å². The van der Waals surface area contributed by atoms with Gasteiger partial charge in [0.15, 0.2) is 23.1 Å². The first-order valence-electron chi connectivity index (χ1n) is 29.8. The summed E-state index contributed by atoms with van der Waals surface area (Å²) in [7, 11) is 0. The molecular formula is C77H50Cl2O8. The number of halogens is 2. The summed E-state index contributed by atoms with van der Waals surface area (Å²) in [6.07, 6.45) is 0. The van der Waals surface area contributed by atoms with E-state index in [4.69, 9.17) is 23.2 Å². The van der Waals surface area contributed by atoms with E-state index in [9.17, 15) is 39.6 Å². The van der Waals surface area contributed by atoms with Crippen LogP contribution in [0.3, 0.4) is 0 Å². The fourth-order valence-corrected chi connectivity index (χ4v) is 19.0. The summed E-state index contributed by atoms with van der Waals surface area (Å²) in [5.41, 5.74) is 19.4. The van der Waals surface area contributed by atoms with Crippen molar-refractivity contribution in [3.8, 4) is 23.0 Å². The Morgan fingerprint density at radius 3 is 0.506 bits per heavy atom. The van der Waals surface area contributed by atoms with Gasteiger partial charge in [-0.3, -0.25) is 19.2 Å². The quantitative estimate of drug-likeness (QED) is 0.0866. The van der Waals surface area contributed by atoms with E-state index >= 15 is 0 Å². The minimum atomic E-state index is -0.636. The van der Waals surface area contributed by atoms with Crippen LogP contribution in [0.4, 0.5) is 0 Å². The third-order valence-electron chi connectivity index (χ3n) is 21.7. The van der Waals surface area contributed by atoms with Crippen molar-refractivity contribution in [2.45, 2.75) is 47.3 Å². The molecule has 0 saturated carbocycles. The largest absolute Gasteiger partial charge is 0.507 e. The topological polar surface area (TPSA) is 149 Å². The Balaban J connectivity index is 0.000000125. The maximum atomic E-state index is 14.7. The monoisotopic (exact) mass is 1170 g/mol. The van der Waals surface area contributed by atoms with E-state index in [-0.39, 0.29) is 121 Å². The van der Waals surface area contributed by atoms with Crippen LogP contribution in [0.5, 0.6) is 23.0 Å². The lowest BCUT2D eigenvalue weighted by molar-refractivity contribution is 0.0658. The van der Waals surface area contributed by atoms with Crippen molar-refractivity contribution in [1.29, 1.82) is 0 Å². The summed E-state index contributed by atoms with van der Waals surface area (Å²) in [5.74, 6) is -6.56. The molecule has 24 rings (SSSR count). The summed E-state index contributed by atoms with van der Waals surface area (Å²) >= 11 is 9.53. The second-order valence-electron chi connectivity index (χ2n) is 24.9. The lowest BCUT2D eigenvalue weighted by Crippen LogP contribution is -2.50. The molecule has 0 fully saturated rings. The SMILES string of the molecule is ClCCl.O=C1c2c(O)c3c(c(O)c2C(=O)[C@H]2C4c5ccccc5C(c5ccccc54)[C@@H]12)C1c2ccccc2C3c2ccccc21.O=C1c2c(O)c3c(c(O)c2C(=O)[C@H]2C4c5ccccc5C(c5ccccc54)[C@@H]12)C1c2ccccc2C3c2ccccc21. The van der Waals surface area contributed by atoms with Crippen molar-refractivity contribution in [2.24, 2.45) is 23.7 Å². The fourth-order valence-electron chi connectivity index (χ4n) is 19.0. The highest BCUT2D eigenvalue weighted by molar-refractivity contribution is 6.40. The summed E-state index contributed by atoms with van der Waals surface area (Å²) < 4.78 is 0. The summed E-state index contributed by atoms with van der Waals surface area (Å²) in [6.45, 7) is 0. The molecule has 0 spiro atoms. The Morgan fingerprint density at radius 1 is 0.241 bits per heavy atom. The number of alkyl halides is 2. The van der Waals surface area contributed by atoms with Gasteiger partial charge in [0, 0.05) is 93.3 Å². The Kier molecular flexibility index (Phi) is 10.6. The second kappa shape index (κ2) is 18.1. The number of fused-ring (bicyclic) bond motifs is 2. The molecule has 8 nitrogen and oxygen atoms in total. The molecule has 4 atom stereocenters. The first-order chi connectivity index (χ1) is 42.6. The molecule has 10 heteroatoms. The van der Waals surface area contributed by atoms with Crippen LogP contribution in [0.2, 0.25) is 0 Å². The second-order valence-corrected chi connectivity index (χ2v) is 25.7. The molecule has 420 valence electrons. The van der Waals surface area contributed by atoms with Crippen LogP contribution in [0.15, 0.2) is 194 Å². The predicted molar refractivity (Wildman–Crippen MR) is 330 cm³/mol. The predicted octanol–water partition coefficient (Wildman–Crippen LogP) is 15.4. The average Bonchev–Trinajstić information content (AvgIpc) is 0.716. The fraction of sp³-hybridized carbons (Fsp3) is 0.169. The van der Waals surface area contributed by atoms with Gasteiger partial charge in [-0.05, 0) is 89.0 Å². The molecule has 0 heterocycles. The average molecular weight is 1170 g/mol. The lowest BCUT2D eigenvalue weighted by Gasteiger charge is -2.51. The highest BCUT2D eigenvalue weighted by Gasteiger charge is 2.62. The van der Waals surface area contributed by atoms with Crippen molar-refractivity contribution in [2.75, 3.05) is 5.34 Å². The van der Waals surface area contributed by atoms with Crippen molar-refractivity contribution < 1.29 is 39.6 Å². The van der Waals surface area contributed by atoms with Gasteiger partial charge in [-0.15, -0.1) is 23.2 Å². The Hall–Kier alpha value is -9.34. The van der Waals surface area contributed by atoms with Gasteiger partial charge in [0.05, 0.1) is 27.6 Å². The zero-order valence-electron chi connectivity index (χ0n) is 46.3. The zero-order chi connectivity index (χ0) is 58.7. The van der Waals surface area contributed by atoms with Crippen LogP contribution in [0.25, 0.3) is 0 Å². The van der Waals surface area contributed by atoms with Gasteiger partial charge in [-0.2, -0.15) is 0 Å². The van der Waals surface area contributed by atoms with E-state index in [2.05, 4.69) is 97.1 Å². The van der Waals surface area contributed by atoms with Crippen LogP contribution in [0, 0.1) is 23.7 Å². The van der Waals surface area contributed by atoms with Crippen LogP contribution in [-0.2, 0) is 0 Å². The van der Waals surface area contributed by atoms with Gasteiger partial charge < -0.3 is 20.4 Å². The van der Waals surface area contributed by atoms with E-state index in [1.54, 1.807) is 0 Å². The first-order valence-corrected chi connectivity index (χ1v) is 30.9. The first kappa shape index (κ1) is 50.9. The van der Waals surface area contributed by atoms with Crippen molar-refractivity contribution in [3.05, 3.63) is 328 Å². The summed E-state index contributed by atoms with van der Waals surface area (Å²) in [5, 5.41) is 48.7. The molecule has 10 aromatic carbocycles. The number of phenols is 4. The molecule has 87 heavy (non-hydrogen) atoms. The van der Waals surface area contributed by atoms with E-state index in [0.29, 0.717) is 22.3 Å². The van der Waals surface area contributed by atoms with Gasteiger partial charge in [0.2, 0.25) is 0 Å². The molecule has 0 amide bonds. The molecule has 8 bridgehead atoms. The van der Waals surface area contributed by atoms with Crippen LogP contribution in [-0.4, -0.2) is 48.9 Å². The maximum absolute atomic E-state index is 14.7. The van der Waals surface area contributed by atoms with E-state index in [0.717, 1.165) is 89.0 Å². The van der Waals surface area contributed by atoms with Crippen molar-refractivity contribution >= 4 is 46.3 Å². The van der Waals surface area contributed by atoms with E-state index in [1.165, 1.54) is 0 Å². The highest BCUT2D eigenvalue weighted by atomic mass is 35.5. The minimum Gasteiger partial charge on any atom is -0.507 e. The molecule has 0 radical (unpaired) electrons. The molecule has 4 N–H and O–H groups in total. The van der Waals surface area contributed by atoms with Crippen molar-refractivity contribution in [3.63, 3.8) is 0 Å². The number of hydrogen-bond donors (Lipinski definition) is 4. The van der Waals surface area contributed by atoms with Gasteiger partial charge in [-0.25, -0.2) is 0 Å². The lowest BCUT2D eigenvalue weighted by atomic mass is 9.49. The molecule has 14 aliphatic carbocycles. The Morgan fingerprint density at radius 2 is 0.368 bits per heavy atom. The Bertz CT molecular complexity index is 4060. The molecule has 0 aliphatic heterocycles. The number of benzene rings is 10. The van der Waals surface area contributed by atoms with Gasteiger partial charge in [-0.1, -0.05) is 194 Å². The maximum Gasteiger partial charge on any atom is 0.172 e. The standard InChI is InChI=1S/2C38H24O4.CH2Cl2/c2*39-35-29-25-17-9-1-2-10-18(17)26(20-12-4-3-11-19(20)25)30(29)36(40)34-33(35)37(41)31-27-21-13-5-7-15-23(21)28(32(31)38(34)42)24-16-8-6-14-22(24)27;2-1-3/h2*1-16,25-30,41-42H;1H2/t2*25?,26?,27?,28?,29-,30+;. The minimum absolute atomic E-state index is 0.00234. The number of phenolic OH excluding ortho intramolecular Hbond substituents is 4. The molecule has 10 aromatic rings. The summed E-state index contributed by atoms with van der Waals surface area (Å²) in [6, 6.07) is 65.0. The number of aromatic hydroxyl groups is 4. The molecule has 14 aliphatic rings.